The van der Waals surface area contributed by atoms with Gasteiger partial charge in [-0.1, -0.05) is 37.6 Å². The van der Waals surface area contributed by atoms with Gasteiger partial charge >= 0.3 is 12.0 Å². The van der Waals surface area contributed by atoms with Gasteiger partial charge in [-0.2, -0.15) is 9.78 Å². The van der Waals surface area contributed by atoms with E-state index >= 15 is 0 Å². The fourth-order valence-electron chi connectivity index (χ4n) is 4.87. The fourth-order valence-corrected chi connectivity index (χ4v) is 4.87. The fraction of sp³-hybridized carbons (Fsp3) is 0.407. The average molecular weight is 477 g/mol. The molecule has 1 amide bonds. The molecule has 2 atom stereocenters. The summed E-state index contributed by atoms with van der Waals surface area (Å²) in [5.74, 6) is 0.436. The lowest BCUT2D eigenvalue weighted by molar-refractivity contribution is 0.0690. The molecule has 1 saturated heterocycles. The van der Waals surface area contributed by atoms with Crippen molar-refractivity contribution in [1.82, 2.24) is 14.7 Å². The Hall–Kier alpha value is -3.68. The number of carbonyl (C=O) groups is 2. The van der Waals surface area contributed by atoms with E-state index in [2.05, 4.69) is 41.3 Å². The monoisotopic (exact) mass is 476 g/mol. The molecule has 0 radical (unpaired) electrons. The summed E-state index contributed by atoms with van der Waals surface area (Å²) in [6.07, 6.45) is 13.3. The Bertz CT molecular complexity index is 1140. The van der Waals surface area contributed by atoms with Crippen LogP contribution in [0.1, 0.15) is 55.6 Å². The van der Waals surface area contributed by atoms with Crippen LogP contribution in [0.4, 0.5) is 4.79 Å². The smallest absolute Gasteiger partial charge is 0.356 e. The maximum Gasteiger partial charge on any atom is 0.356 e. The molecule has 0 spiro atoms. The third kappa shape index (κ3) is 5.88. The third-order valence-electron chi connectivity index (χ3n) is 6.57. The molecule has 1 aromatic carbocycles. The van der Waals surface area contributed by atoms with Gasteiger partial charge in [-0.15, -0.1) is 0 Å². The number of hydrogen-bond donors (Lipinski definition) is 1. The van der Waals surface area contributed by atoms with Crippen LogP contribution < -0.4 is 4.74 Å². The van der Waals surface area contributed by atoms with Crippen LogP contribution in [0, 0.1) is 11.8 Å². The predicted octanol–water partition coefficient (Wildman–Crippen LogP) is 5.13. The summed E-state index contributed by atoms with van der Waals surface area (Å²) in [7, 11) is 0. The zero-order valence-electron chi connectivity index (χ0n) is 20.2. The quantitative estimate of drug-likeness (QED) is 0.421. The largest absolute Gasteiger partial charge is 0.490 e. The minimum Gasteiger partial charge on any atom is -0.490 e. The molecule has 2 aliphatic rings. The van der Waals surface area contributed by atoms with Crippen LogP contribution in [0.25, 0.3) is 5.57 Å². The number of aromatic nitrogens is 2. The molecular formula is C27H32N4O4. The first-order valence-electron chi connectivity index (χ1n) is 12.2. The lowest BCUT2D eigenvalue weighted by atomic mass is 10.0. The maximum atomic E-state index is 12.7. The number of rotatable bonds is 8. The number of carboxylic acid groups (broad SMARTS) is 1. The minimum absolute atomic E-state index is 0.109. The van der Waals surface area contributed by atoms with Gasteiger partial charge in [0.25, 0.3) is 0 Å². The highest BCUT2D eigenvalue weighted by Gasteiger charge is 2.43. The van der Waals surface area contributed by atoms with Gasteiger partial charge in [-0.3, -0.25) is 4.99 Å². The highest BCUT2D eigenvalue weighted by molar-refractivity contribution is 5.86. The van der Waals surface area contributed by atoms with Gasteiger partial charge in [0, 0.05) is 31.7 Å². The molecule has 0 bridgehead atoms. The normalized spacial score (nSPS) is 22.3. The summed E-state index contributed by atoms with van der Waals surface area (Å²) in [5.41, 5.74) is 1.98. The molecule has 1 aliphatic heterocycles. The number of hydrogen-bond acceptors (Lipinski definition) is 5. The van der Waals surface area contributed by atoms with Gasteiger partial charge in [0.2, 0.25) is 0 Å². The van der Waals surface area contributed by atoms with Crippen LogP contribution >= 0.6 is 0 Å². The minimum atomic E-state index is -1.14. The van der Waals surface area contributed by atoms with Crippen molar-refractivity contribution < 1.29 is 19.4 Å². The molecule has 2 heterocycles. The zero-order valence-corrected chi connectivity index (χ0v) is 20.2. The number of unbranched alkanes of at least 4 members (excludes halogenated alkanes) is 1. The third-order valence-corrected chi connectivity index (χ3v) is 6.57. The van der Waals surface area contributed by atoms with Crippen molar-refractivity contribution in [3.05, 3.63) is 66.1 Å². The highest BCUT2D eigenvalue weighted by atomic mass is 16.5. The van der Waals surface area contributed by atoms with Gasteiger partial charge in [0.05, 0.1) is 6.10 Å². The van der Waals surface area contributed by atoms with Crippen LogP contribution in [-0.4, -0.2) is 57.2 Å². The van der Waals surface area contributed by atoms with E-state index in [1.807, 2.05) is 25.3 Å². The molecule has 35 heavy (non-hydrogen) atoms. The summed E-state index contributed by atoms with van der Waals surface area (Å²) < 4.78 is 7.48. The van der Waals surface area contributed by atoms with Crippen molar-refractivity contribution >= 4 is 23.8 Å². The Morgan fingerprint density at radius 3 is 2.66 bits per heavy atom. The summed E-state index contributed by atoms with van der Waals surface area (Å²) in [6, 6.07) is 9.19. The number of fused-ring (bicyclic) bond motifs is 1. The molecular weight excluding hydrogens is 444 g/mol. The van der Waals surface area contributed by atoms with E-state index in [1.165, 1.54) is 12.3 Å². The first-order valence-corrected chi connectivity index (χ1v) is 12.2. The number of amides is 1. The molecule has 2 unspecified atom stereocenters. The van der Waals surface area contributed by atoms with Crippen molar-refractivity contribution in [1.29, 1.82) is 0 Å². The lowest BCUT2D eigenvalue weighted by Gasteiger charge is -2.20. The Balaban J connectivity index is 1.36. The predicted molar refractivity (Wildman–Crippen MR) is 135 cm³/mol. The SMILES string of the molecule is CC=N/C=C(\C=C\CCC)c1cccc(OC2CC3CN(C(=O)n4ccc(C(=O)O)n4)CC3C2)c1. The molecule has 4 rings (SSSR count). The number of likely N-dealkylation sites (tertiary alicyclic amines) is 1. The average Bonchev–Trinajstić information content (AvgIpc) is 3.56. The standard InChI is InChI=1S/C27H32N4O4/c1-3-5-6-8-20(16-28-4-2)19-9-7-10-23(13-19)35-24-14-21-17-30(18-22(21)15-24)27(34)31-12-11-25(29-31)26(32)33/h4,6-13,16,21-22,24H,3,5,14-15,17-18H2,1-2H3,(H,32,33)/b8-6+,20-16+,28-4?. The van der Waals surface area contributed by atoms with Crippen LogP contribution in [0.5, 0.6) is 5.75 Å². The molecule has 184 valence electrons. The van der Waals surface area contributed by atoms with Crippen molar-refractivity contribution in [2.75, 3.05) is 13.1 Å². The van der Waals surface area contributed by atoms with E-state index in [1.54, 1.807) is 11.1 Å². The van der Waals surface area contributed by atoms with E-state index in [0.717, 1.165) is 47.3 Å². The first-order chi connectivity index (χ1) is 17.0. The molecule has 8 nitrogen and oxygen atoms in total. The van der Waals surface area contributed by atoms with E-state index in [-0.39, 0.29) is 17.8 Å². The number of ether oxygens (including phenoxy) is 1. The van der Waals surface area contributed by atoms with Crippen molar-refractivity contribution in [3.8, 4) is 5.75 Å². The second-order valence-electron chi connectivity index (χ2n) is 9.08. The molecule has 1 aromatic heterocycles. The van der Waals surface area contributed by atoms with E-state index in [0.29, 0.717) is 24.9 Å². The van der Waals surface area contributed by atoms with Crippen LogP contribution in [-0.2, 0) is 0 Å². The van der Waals surface area contributed by atoms with Crippen molar-refractivity contribution in [3.63, 3.8) is 0 Å². The summed E-state index contributed by atoms with van der Waals surface area (Å²) in [5, 5.41) is 12.9. The Morgan fingerprint density at radius 2 is 2.00 bits per heavy atom. The first kappa shape index (κ1) is 24.4. The molecule has 2 fully saturated rings. The van der Waals surface area contributed by atoms with Crippen LogP contribution in [0.2, 0.25) is 0 Å². The zero-order chi connectivity index (χ0) is 24.8. The number of carbonyl (C=O) groups excluding carboxylic acids is 1. The number of allylic oxidation sites excluding steroid dienone is 3. The topological polar surface area (TPSA) is 97.0 Å². The lowest BCUT2D eigenvalue weighted by Crippen LogP contribution is -2.34. The molecule has 8 heteroatoms. The highest BCUT2D eigenvalue weighted by Crippen LogP contribution is 2.40. The molecule has 1 N–H and O–H groups in total. The number of aliphatic imine (C=N–C) groups is 1. The summed E-state index contributed by atoms with van der Waals surface area (Å²) >= 11 is 0. The second kappa shape index (κ2) is 11.2. The summed E-state index contributed by atoms with van der Waals surface area (Å²) in [6.45, 7) is 5.33. The van der Waals surface area contributed by atoms with E-state index in [9.17, 15) is 9.59 Å². The number of aromatic carboxylic acids is 1. The Morgan fingerprint density at radius 1 is 1.23 bits per heavy atom. The van der Waals surface area contributed by atoms with Crippen molar-refractivity contribution in [2.24, 2.45) is 16.8 Å². The van der Waals surface area contributed by atoms with Gasteiger partial charge in [-0.25, -0.2) is 9.59 Å². The van der Waals surface area contributed by atoms with E-state index in [4.69, 9.17) is 9.84 Å². The summed E-state index contributed by atoms with van der Waals surface area (Å²) in [4.78, 5) is 29.8. The van der Waals surface area contributed by atoms with E-state index < -0.39 is 5.97 Å². The van der Waals surface area contributed by atoms with Gasteiger partial charge in [0.1, 0.15) is 5.75 Å². The Kier molecular flexibility index (Phi) is 7.80. The molecule has 1 aliphatic carbocycles. The van der Waals surface area contributed by atoms with Gasteiger partial charge in [0.15, 0.2) is 5.69 Å². The number of benzene rings is 1. The molecule has 1 saturated carbocycles. The number of carboxylic acids is 1. The molecule has 2 aromatic rings. The van der Waals surface area contributed by atoms with Crippen molar-refractivity contribution in [2.45, 2.75) is 45.6 Å². The van der Waals surface area contributed by atoms with Gasteiger partial charge in [-0.05, 0) is 67.4 Å². The Labute approximate surface area is 205 Å². The van der Waals surface area contributed by atoms with Gasteiger partial charge < -0.3 is 14.7 Å². The second-order valence-corrected chi connectivity index (χ2v) is 9.08. The van der Waals surface area contributed by atoms with Crippen LogP contribution in [0.3, 0.4) is 0 Å². The number of nitrogens with zero attached hydrogens (tertiary/aromatic N) is 4. The maximum absolute atomic E-state index is 12.7. The van der Waals surface area contributed by atoms with Crippen LogP contribution in [0.15, 0.2) is 59.9 Å².